The SMILES string of the molecule is NC(=O)NN=C(CCC[N+](=O)[O-])c1ccccc1. The van der Waals surface area contributed by atoms with Crippen molar-refractivity contribution in [2.75, 3.05) is 6.54 Å². The fourth-order valence-corrected chi connectivity index (χ4v) is 1.39. The smallest absolute Gasteiger partial charge is 0.332 e. The summed E-state index contributed by atoms with van der Waals surface area (Å²) in [5.74, 6) is 0. The van der Waals surface area contributed by atoms with Crippen LogP contribution in [0.5, 0.6) is 0 Å². The zero-order chi connectivity index (χ0) is 13.4. The van der Waals surface area contributed by atoms with Gasteiger partial charge in [-0.1, -0.05) is 30.3 Å². The molecule has 0 radical (unpaired) electrons. The molecule has 0 fully saturated rings. The van der Waals surface area contributed by atoms with E-state index in [1.54, 1.807) is 0 Å². The molecule has 1 aromatic carbocycles. The van der Waals surface area contributed by atoms with Gasteiger partial charge in [-0.15, -0.1) is 0 Å². The summed E-state index contributed by atoms with van der Waals surface area (Å²) < 4.78 is 0. The standard InChI is InChI=1S/C11H14N4O3/c12-11(16)14-13-10(7-4-8-15(17)18)9-5-2-1-3-6-9/h1-3,5-6H,4,7-8H2,(H3,12,14,16). The summed E-state index contributed by atoms with van der Waals surface area (Å²) in [6.45, 7) is -0.136. The van der Waals surface area contributed by atoms with Gasteiger partial charge in [0, 0.05) is 11.3 Å². The van der Waals surface area contributed by atoms with Crippen LogP contribution in [-0.4, -0.2) is 23.2 Å². The van der Waals surface area contributed by atoms with Crippen molar-refractivity contribution in [2.24, 2.45) is 10.8 Å². The van der Waals surface area contributed by atoms with Gasteiger partial charge in [0.2, 0.25) is 6.54 Å². The van der Waals surface area contributed by atoms with Crippen molar-refractivity contribution < 1.29 is 9.72 Å². The Morgan fingerprint density at radius 2 is 2.06 bits per heavy atom. The second-order valence-electron chi connectivity index (χ2n) is 3.56. The van der Waals surface area contributed by atoms with Crippen LogP contribution in [0.4, 0.5) is 4.79 Å². The maximum Gasteiger partial charge on any atom is 0.332 e. The summed E-state index contributed by atoms with van der Waals surface area (Å²) in [5.41, 5.74) is 8.44. The molecule has 0 saturated heterocycles. The van der Waals surface area contributed by atoms with Crippen molar-refractivity contribution >= 4 is 11.7 Å². The molecule has 0 spiro atoms. The molecule has 0 aromatic heterocycles. The topological polar surface area (TPSA) is 111 Å². The number of nitrogens with two attached hydrogens (primary N) is 1. The molecule has 7 heteroatoms. The Morgan fingerprint density at radius 3 is 2.61 bits per heavy atom. The molecular weight excluding hydrogens is 236 g/mol. The molecule has 0 heterocycles. The molecule has 96 valence electrons. The van der Waals surface area contributed by atoms with Crippen LogP contribution in [-0.2, 0) is 0 Å². The first-order chi connectivity index (χ1) is 8.59. The summed E-state index contributed by atoms with van der Waals surface area (Å²) in [4.78, 5) is 20.5. The average Bonchev–Trinajstić information content (AvgIpc) is 2.34. The monoisotopic (exact) mass is 250 g/mol. The van der Waals surface area contributed by atoms with E-state index in [0.29, 0.717) is 18.6 Å². The number of hydrogen-bond acceptors (Lipinski definition) is 4. The largest absolute Gasteiger partial charge is 0.350 e. The summed E-state index contributed by atoms with van der Waals surface area (Å²) in [7, 11) is 0. The van der Waals surface area contributed by atoms with Crippen LogP contribution in [0.15, 0.2) is 35.4 Å². The van der Waals surface area contributed by atoms with Gasteiger partial charge >= 0.3 is 6.03 Å². The van der Waals surface area contributed by atoms with Gasteiger partial charge in [0.15, 0.2) is 0 Å². The van der Waals surface area contributed by atoms with Crippen molar-refractivity contribution in [1.82, 2.24) is 5.43 Å². The first kappa shape index (κ1) is 13.6. The van der Waals surface area contributed by atoms with Gasteiger partial charge in [0.25, 0.3) is 0 Å². The van der Waals surface area contributed by atoms with E-state index in [9.17, 15) is 14.9 Å². The van der Waals surface area contributed by atoms with E-state index in [1.807, 2.05) is 30.3 Å². The highest BCUT2D eigenvalue weighted by Gasteiger charge is 2.06. The Balaban J connectivity index is 2.72. The average molecular weight is 250 g/mol. The van der Waals surface area contributed by atoms with Gasteiger partial charge in [-0.25, -0.2) is 10.2 Å². The molecule has 0 atom stereocenters. The molecule has 0 unspecified atom stereocenters. The number of rotatable bonds is 6. The van der Waals surface area contributed by atoms with Crippen LogP contribution in [0.1, 0.15) is 18.4 Å². The number of hydrazone groups is 1. The molecule has 3 N–H and O–H groups in total. The van der Waals surface area contributed by atoms with Crippen LogP contribution in [0, 0.1) is 10.1 Å². The Labute approximate surface area is 104 Å². The van der Waals surface area contributed by atoms with E-state index in [1.165, 1.54) is 0 Å². The van der Waals surface area contributed by atoms with Crippen LogP contribution >= 0.6 is 0 Å². The van der Waals surface area contributed by atoms with Gasteiger partial charge in [-0.05, 0) is 12.0 Å². The minimum absolute atomic E-state index is 0.136. The van der Waals surface area contributed by atoms with E-state index in [0.717, 1.165) is 5.56 Å². The molecule has 1 rings (SSSR count). The van der Waals surface area contributed by atoms with Gasteiger partial charge in [0.1, 0.15) is 0 Å². The van der Waals surface area contributed by atoms with Crippen LogP contribution < -0.4 is 11.2 Å². The fraction of sp³-hybridized carbons (Fsp3) is 0.273. The summed E-state index contributed by atoms with van der Waals surface area (Å²) >= 11 is 0. The number of amides is 2. The van der Waals surface area contributed by atoms with Crippen LogP contribution in [0.25, 0.3) is 0 Å². The number of carbonyl (C=O) groups excluding carboxylic acids is 1. The highest BCUT2D eigenvalue weighted by atomic mass is 16.6. The summed E-state index contributed by atoms with van der Waals surface area (Å²) in [6.07, 6.45) is 0.743. The molecule has 0 saturated carbocycles. The molecule has 0 aliphatic rings. The highest BCUT2D eigenvalue weighted by Crippen LogP contribution is 2.06. The Bertz CT molecular complexity index is 445. The number of primary amides is 1. The predicted molar refractivity (Wildman–Crippen MR) is 66.8 cm³/mol. The molecule has 7 nitrogen and oxygen atoms in total. The van der Waals surface area contributed by atoms with Gasteiger partial charge in [-0.2, -0.15) is 5.10 Å². The molecule has 1 aromatic rings. The minimum Gasteiger partial charge on any atom is -0.350 e. The summed E-state index contributed by atoms with van der Waals surface area (Å²) in [6, 6.07) is 8.35. The number of urea groups is 1. The quantitative estimate of drug-likeness (QED) is 0.448. The number of nitrogens with one attached hydrogen (secondary N) is 1. The summed E-state index contributed by atoms with van der Waals surface area (Å²) in [5, 5.41) is 14.1. The molecule has 0 bridgehead atoms. The van der Waals surface area contributed by atoms with E-state index < -0.39 is 6.03 Å². The lowest BCUT2D eigenvalue weighted by Crippen LogP contribution is -2.26. The fourth-order valence-electron chi connectivity index (χ4n) is 1.39. The number of carbonyl (C=O) groups is 1. The maximum absolute atomic E-state index is 10.6. The third-order valence-corrected chi connectivity index (χ3v) is 2.16. The molecular formula is C11H14N4O3. The van der Waals surface area contributed by atoms with Crippen molar-refractivity contribution in [3.05, 3.63) is 46.0 Å². The third kappa shape index (κ3) is 5.06. The Hall–Kier alpha value is -2.44. The molecule has 0 aliphatic heterocycles. The van der Waals surface area contributed by atoms with Crippen LogP contribution in [0.3, 0.4) is 0 Å². The van der Waals surface area contributed by atoms with Crippen molar-refractivity contribution in [2.45, 2.75) is 12.8 Å². The number of benzene rings is 1. The second kappa shape index (κ2) is 7.00. The lowest BCUT2D eigenvalue weighted by atomic mass is 10.1. The number of nitrogens with zero attached hydrogens (tertiary/aromatic N) is 2. The normalized spacial score (nSPS) is 11.0. The molecule has 18 heavy (non-hydrogen) atoms. The minimum atomic E-state index is -0.766. The van der Waals surface area contributed by atoms with E-state index in [-0.39, 0.29) is 11.5 Å². The number of hydrogen-bond donors (Lipinski definition) is 2. The highest BCUT2D eigenvalue weighted by molar-refractivity contribution is 6.00. The first-order valence-corrected chi connectivity index (χ1v) is 5.39. The predicted octanol–water partition coefficient (Wildman–Crippen LogP) is 1.12. The van der Waals surface area contributed by atoms with Crippen molar-refractivity contribution in [3.8, 4) is 0 Å². The van der Waals surface area contributed by atoms with Gasteiger partial charge < -0.3 is 5.73 Å². The number of nitro groups is 1. The van der Waals surface area contributed by atoms with Crippen molar-refractivity contribution in [1.29, 1.82) is 0 Å². The van der Waals surface area contributed by atoms with Gasteiger partial charge in [0.05, 0.1) is 5.71 Å². The van der Waals surface area contributed by atoms with E-state index in [4.69, 9.17) is 5.73 Å². The Morgan fingerprint density at radius 1 is 1.39 bits per heavy atom. The van der Waals surface area contributed by atoms with E-state index in [2.05, 4.69) is 10.5 Å². The van der Waals surface area contributed by atoms with Crippen molar-refractivity contribution in [3.63, 3.8) is 0 Å². The maximum atomic E-state index is 10.6. The van der Waals surface area contributed by atoms with E-state index >= 15 is 0 Å². The van der Waals surface area contributed by atoms with Crippen LogP contribution in [0.2, 0.25) is 0 Å². The third-order valence-electron chi connectivity index (χ3n) is 2.16. The zero-order valence-electron chi connectivity index (χ0n) is 9.70. The first-order valence-electron chi connectivity index (χ1n) is 5.39. The molecule has 2 amide bonds. The second-order valence-corrected chi connectivity index (χ2v) is 3.56. The lowest BCUT2D eigenvalue weighted by molar-refractivity contribution is -0.480. The Kier molecular flexibility index (Phi) is 5.30. The molecule has 0 aliphatic carbocycles. The van der Waals surface area contributed by atoms with Gasteiger partial charge in [-0.3, -0.25) is 10.1 Å². The lowest BCUT2D eigenvalue weighted by Gasteiger charge is -2.05. The zero-order valence-corrected chi connectivity index (χ0v) is 9.70.